The lowest BCUT2D eigenvalue weighted by molar-refractivity contribution is -0.119. The molecule has 0 spiro atoms. The summed E-state index contributed by atoms with van der Waals surface area (Å²) < 4.78 is 40.1. The summed E-state index contributed by atoms with van der Waals surface area (Å²) in [5.74, 6) is 0.223. The smallest absolute Gasteiger partial charge is 0.264 e. The van der Waals surface area contributed by atoms with E-state index in [0.717, 1.165) is 15.4 Å². The average Bonchev–Trinajstić information content (AvgIpc) is 2.96. The minimum Gasteiger partial charge on any atom is -0.493 e. The zero-order chi connectivity index (χ0) is 30.3. The number of hydrazone groups is 1. The van der Waals surface area contributed by atoms with E-state index < -0.39 is 22.5 Å². The summed E-state index contributed by atoms with van der Waals surface area (Å²) in [7, 11) is -2.62. The molecule has 4 rings (SSSR count). The molecule has 0 atom stereocenters. The zero-order valence-corrected chi connectivity index (χ0v) is 26.5. The fraction of sp³-hybridized carbons (Fsp3) is 0.133. The molecule has 218 valence electrons. The highest BCUT2D eigenvalue weighted by Crippen LogP contribution is 2.37. The van der Waals surface area contributed by atoms with Gasteiger partial charge in [-0.2, -0.15) is 5.10 Å². The SMILES string of the molecule is COc1cc(/C=N/NC(=O)CN(c2ccccc2Cl)S(=O)(=O)c2ccc(C)cc2)cc(Br)c1OCc1ccccc1Cl. The van der Waals surface area contributed by atoms with E-state index in [0.29, 0.717) is 26.6 Å². The number of aryl methyl sites for hydroxylation is 1. The lowest BCUT2D eigenvalue weighted by atomic mass is 10.2. The van der Waals surface area contributed by atoms with Crippen LogP contribution in [0.1, 0.15) is 16.7 Å². The number of benzene rings is 4. The largest absolute Gasteiger partial charge is 0.493 e. The maximum absolute atomic E-state index is 13.5. The lowest BCUT2D eigenvalue weighted by Crippen LogP contribution is -2.39. The normalized spacial score (nSPS) is 11.4. The van der Waals surface area contributed by atoms with Crippen LogP contribution in [0.3, 0.4) is 0 Å². The Labute approximate surface area is 263 Å². The summed E-state index contributed by atoms with van der Waals surface area (Å²) in [5, 5.41) is 4.78. The van der Waals surface area contributed by atoms with Crippen LogP contribution in [0.15, 0.2) is 99.4 Å². The Morgan fingerprint density at radius 1 is 1.00 bits per heavy atom. The van der Waals surface area contributed by atoms with Crippen LogP contribution in [0.25, 0.3) is 0 Å². The standard InChI is InChI=1S/C30H26BrCl2N3O5S/c1-20-11-13-23(14-12-20)42(38,39)36(27-10-6-5-9-26(27)33)18-29(37)35-34-17-21-15-24(31)30(28(16-21)40-2)41-19-22-7-3-4-8-25(22)32/h3-17H,18-19H2,1-2H3,(H,35,37)/b34-17+. The van der Waals surface area contributed by atoms with Gasteiger partial charge in [-0.15, -0.1) is 0 Å². The van der Waals surface area contributed by atoms with Crippen molar-refractivity contribution in [3.63, 3.8) is 0 Å². The van der Waals surface area contributed by atoms with Gasteiger partial charge < -0.3 is 9.47 Å². The molecule has 4 aromatic carbocycles. The van der Waals surface area contributed by atoms with Crippen molar-refractivity contribution in [3.8, 4) is 11.5 Å². The van der Waals surface area contributed by atoms with Crippen molar-refractivity contribution in [3.05, 3.63) is 116 Å². The molecule has 12 heteroatoms. The van der Waals surface area contributed by atoms with Crippen LogP contribution in [-0.4, -0.2) is 34.2 Å². The molecule has 0 heterocycles. The number of halogens is 3. The number of ether oxygens (including phenoxy) is 2. The first-order valence-corrected chi connectivity index (χ1v) is 15.5. The van der Waals surface area contributed by atoms with Crippen LogP contribution in [0, 0.1) is 6.92 Å². The Balaban J connectivity index is 1.50. The van der Waals surface area contributed by atoms with Gasteiger partial charge in [0, 0.05) is 10.6 Å². The molecule has 42 heavy (non-hydrogen) atoms. The fourth-order valence-corrected chi connectivity index (χ4v) is 6.35. The number of carbonyl (C=O) groups excluding carboxylic acids is 1. The fourth-order valence-electron chi connectivity index (χ4n) is 3.86. The first kappa shape index (κ1) is 31.4. The summed E-state index contributed by atoms with van der Waals surface area (Å²) in [6.45, 7) is 1.52. The Hall–Kier alpha value is -3.57. The molecule has 0 aromatic heterocycles. The number of nitrogens with zero attached hydrogens (tertiary/aromatic N) is 2. The second-order valence-electron chi connectivity index (χ2n) is 8.98. The maximum Gasteiger partial charge on any atom is 0.264 e. The Morgan fingerprint density at radius 2 is 1.67 bits per heavy atom. The van der Waals surface area contributed by atoms with E-state index in [1.165, 1.54) is 31.5 Å². The van der Waals surface area contributed by atoms with E-state index in [1.54, 1.807) is 48.5 Å². The third kappa shape index (κ3) is 7.63. The number of nitrogens with one attached hydrogen (secondary N) is 1. The van der Waals surface area contributed by atoms with Gasteiger partial charge in [0.05, 0.1) is 33.4 Å². The van der Waals surface area contributed by atoms with E-state index in [-0.39, 0.29) is 22.2 Å². The van der Waals surface area contributed by atoms with Crippen molar-refractivity contribution in [2.45, 2.75) is 18.4 Å². The molecule has 0 bridgehead atoms. The minimum atomic E-state index is -4.12. The summed E-state index contributed by atoms with van der Waals surface area (Å²) in [4.78, 5) is 12.9. The Bertz CT molecular complexity index is 1720. The van der Waals surface area contributed by atoms with Gasteiger partial charge in [0.15, 0.2) is 11.5 Å². The Morgan fingerprint density at radius 3 is 2.33 bits per heavy atom. The van der Waals surface area contributed by atoms with Gasteiger partial charge in [-0.1, -0.05) is 71.2 Å². The predicted molar refractivity (Wildman–Crippen MR) is 169 cm³/mol. The molecule has 4 aromatic rings. The van der Waals surface area contributed by atoms with Gasteiger partial charge in [-0.25, -0.2) is 13.8 Å². The number of methoxy groups -OCH3 is 1. The number of carbonyl (C=O) groups is 1. The van der Waals surface area contributed by atoms with Gasteiger partial charge in [0.1, 0.15) is 13.2 Å². The predicted octanol–water partition coefficient (Wildman–Crippen LogP) is 7.00. The highest BCUT2D eigenvalue weighted by atomic mass is 79.9. The van der Waals surface area contributed by atoms with Crippen LogP contribution in [0.5, 0.6) is 11.5 Å². The molecule has 0 aliphatic heterocycles. The van der Waals surface area contributed by atoms with Gasteiger partial charge >= 0.3 is 0 Å². The molecule has 0 fully saturated rings. The van der Waals surface area contributed by atoms with Crippen molar-refractivity contribution < 1.29 is 22.7 Å². The van der Waals surface area contributed by atoms with E-state index in [1.807, 2.05) is 25.1 Å². The van der Waals surface area contributed by atoms with Crippen molar-refractivity contribution >= 4 is 67.0 Å². The zero-order valence-electron chi connectivity index (χ0n) is 22.6. The molecule has 0 saturated heterocycles. The highest BCUT2D eigenvalue weighted by molar-refractivity contribution is 9.10. The molecule has 1 N–H and O–H groups in total. The van der Waals surface area contributed by atoms with E-state index in [9.17, 15) is 13.2 Å². The molecule has 0 unspecified atom stereocenters. The van der Waals surface area contributed by atoms with Crippen LogP contribution in [-0.2, 0) is 21.4 Å². The van der Waals surface area contributed by atoms with Gasteiger partial charge in [-0.3, -0.25) is 9.10 Å². The molecular formula is C30H26BrCl2N3O5S. The second-order valence-corrected chi connectivity index (χ2v) is 12.5. The first-order chi connectivity index (χ1) is 20.1. The maximum atomic E-state index is 13.5. The second kappa shape index (κ2) is 14.1. The quantitative estimate of drug-likeness (QED) is 0.135. The summed E-state index contributed by atoms with van der Waals surface area (Å²) in [6, 6.07) is 23.5. The number of hydrogen-bond acceptors (Lipinski definition) is 6. The first-order valence-electron chi connectivity index (χ1n) is 12.5. The minimum absolute atomic E-state index is 0.0260. The van der Waals surface area contributed by atoms with E-state index in [4.69, 9.17) is 32.7 Å². The molecule has 8 nitrogen and oxygen atoms in total. The van der Waals surface area contributed by atoms with Gasteiger partial charge in [-0.05, 0) is 70.9 Å². The number of rotatable bonds is 11. The van der Waals surface area contributed by atoms with Crippen LogP contribution in [0.2, 0.25) is 10.0 Å². The van der Waals surface area contributed by atoms with Gasteiger partial charge in [0.25, 0.3) is 15.9 Å². The molecule has 0 aliphatic carbocycles. The van der Waals surface area contributed by atoms with Crippen molar-refractivity contribution in [2.75, 3.05) is 18.0 Å². The number of hydrogen-bond donors (Lipinski definition) is 1. The topological polar surface area (TPSA) is 97.3 Å². The molecule has 0 radical (unpaired) electrons. The number of anilines is 1. The third-order valence-corrected chi connectivity index (χ3v) is 9.05. The molecule has 1 amide bonds. The van der Waals surface area contributed by atoms with E-state index >= 15 is 0 Å². The van der Waals surface area contributed by atoms with E-state index in [2.05, 4.69) is 26.5 Å². The number of amides is 1. The van der Waals surface area contributed by atoms with Crippen LogP contribution < -0.4 is 19.2 Å². The molecule has 0 aliphatic rings. The van der Waals surface area contributed by atoms with Gasteiger partial charge in [0.2, 0.25) is 0 Å². The third-order valence-electron chi connectivity index (χ3n) is 6.00. The molecule has 0 saturated carbocycles. The highest BCUT2D eigenvalue weighted by Gasteiger charge is 2.28. The monoisotopic (exact) mass is 689 g/mol. The number of sulfonamides is 1. The summed E-state index contributed by atoms with van der Waals surface area (Å²) in [6.07, 6.45) is 1.40. The van der Waals surface area contributed by atoms with Crippen LogP contribution in [0.4, 0.5) is 5.69 Å². The summed E-state index contributed by atoms with van der Waals surface area (Å²) >= 11 is 16.0. The van der Waals surface area contributed by atoms with Crippen molar-refractivity contribution in [1.82, 2.24) is 5.43 Å². The average molecular weight is 691 g/mol. The van der Waals surface area contributed by atoms with Crippen molar-refractivity contribution in [2.24, 2.45) is 5.10 Å². The van der Waals surface area contributed by atoms with Crippen LogP contribution >= 0.6 is 39.1 Å². The Kier molecular flexibility index (Phi) is 10.5. The number of para-hydroxylation sites is 1. The lowest BCUT2D eigenvalue weighted by Gasteiger charge is -2.24. The van der Waals surface area contributed by atoms with Crippen molar-refractivity contribution in [1.29, 1.82) is 0 Å². The summed E-state index contributed by atoms with van der Waals surface area (Å²) in [5.41, 5.74) is 4.85. The molecular weight excluding hydrogens is 665 g/mol.